The second kappa shape index (κ2) is 6.34. The monoisotopic (exact) mass is 290 g/mol. The minimum absolute atomic E-state index is 0.0867. The molecule has 21 heavy (non-hydrogen) atoms. The zero-order valence-electron chi connectivity index (χ0n) is 13.1. The summed E-state index contributed by atoms with van der Waals surface area (Å²) in [4.78, 5) is 4.84. The van der Waals surface area contributed by atoms with Gasteiger partial charge in [-0.15, -0.1) is 0 Å². The van der Waals surface area contributed by atoms with Crippen LogP contribution in [-0.2, 0) is 6.42 Å². The van der Waals surface area contributed by atoms with E-state index in [1.54, 1.807) is 0 Å². The van der Waals surface area contributed by atoms with E-state index in [0.29, 0.717) is 6.61 Å². The summed E-state index contributed by atoms with van der Waals surface area (Å²) in [6, 6.07) is 6.21. The molecule has 0 spiro atoms. The molecule has 2 atom stereocenters. The molecule has 116 valence electrons. The van der Waals surface area contributed by atoms with Gasteiger partial charge in [0, 0.05) is 31.7 Å². The van der Waals surface area contributed by atoms with Crippen LogP contribution in [0.5, 0.6) is 5.75 Å². The summed E-state index contributed by atoms with van der Waals surface area (Å²) in [5.41, 5.74) is 2.16. The maximum absolute atomic E-state index is 10.8. The molecule has 0 bridgehead atoms. The number of para-hydroxylation sites is 1. The van der Waals surface area contributed by atoms with Gasteiger partial charge in [-0.25, -0.2) is 0 Å². The standard InChI is InChI=1S/C17H26N2O2/c1-3-13-6-5-7-14-16(20)15(12-21-17(13)14)19-10-8-18(4-2)9-11-19/h5-7,15-16,20H,3-4,8-12H2,1-2H3. The number of aliphatic hydroxyl groups is 1. The molecule has 0 amide bonds. The van der Waals surface area contributed by atoms with Crippen molar-refractivity contribution in [2.45, 2.75) is 32.4 Å². The Labute approximate surface area is 127 Å². The minimum Gasteiger partial charge on any atom is -0.491 e. The molecule has 1 N–H and O–H groups in total. The maximum Gasteiger partial charge on any atom is 0.128 e. The van der Waals surface area contributed by atoms with Crippen LogP contribution in [0.4, 0.5) is 0 Å². The lowest BCUT2D eigenvalue weighted by molar-refractivity contribution is -0.0168. The minimum atomic E-state index is -0.437. The largest absolute Gasteiger partial charge is 0.491 e. The van der Waals surface area contributed by atoms with Gasteiger partial charge in [-0.05, 0) is 18.5 Å². The van der Waals surface area contributed by atoms with Crippen LogP contribution in [0.3, 0.4) is 0 Å². The number of hydrogen-bond acceptors (Lipinski definition) is 4. The zero-order valence-corrected chi connectivity index (χ0v) is 13.1. The van der Waals surface area contributed by atoms with Gasteiger partial charge < -0.3 is 14.7 Å². The highest BCUT2D eigenvalue weighted by molar-refractivity contribution is 5.44. The average Bonchev–Trinajstić information content (AvgIpc) is 2.55. The summed E-state index contributed by atoms with van der Waals surface area (Å²) in [5, 5.41) is 10.8. The molecule has 1 aromatic rings. The SMILES string of the molecule is CCc1cccc2c1OCC(N1CCN(CC)CC1)C2O. The van der Waals surface area contributed by atoms with E-state index >= 15 is 0 Å². The first-order chi connectivity index (χ1) is 10.2. The number of aliphatic hydroxyl groups excluding tert-OH is 1. The van der Waals surface area contributed by atoms with Gasteiger partial charge in [0.1, 0.15) is 18.5 Å². The average molecular weight is 290 g/mol. The topological polar surface area (TPSA) is 35.9 Å². The quantitative estimate of drug-likeness (QED) is 0.919. The number of nitrogens with zero attached hydrogens (tertiary/aromatic N) is 2. The maximum atomic E-state index is 10.8. The Balaban J connectivity index is 1.75. The van der Waals surface area contributed by atoms with E-state index in [-0.39, 0.29) is 6.04 Å². The van der Waals surface area contributed by atoms with Gasteiger partial charge in [0.2, 0.25) is 0 Å². The number of aryl methyl sites for hydroxylation is 1. The van der Waals surface area contributed by atoms with Gasteiger partial charge >= 0.3 is 0 Å². The Morgan fingerprint density at radius 1 is 1.19 bits per heavy atom. The number of fused-ring (bicyclic) bond motifs is 1. The molecule has 2 heterocycles. The van der Waals surface area contributed by atoms with Crippen LogP contribution < -0.4 is 4.74 Å². The number of likely N-dealkylation sites (N-methyl/N-ethyl adjacent to an activating group) is 1. The van der Waals surface area contributed by atoms with E-state index in [1.807, 2.05) is 12.1 Å². The molecule has 3 rings (SSSR count). The van der Waals surface area contributed by atoms with Crippen LogP contribution in [0, 0.1) is 0 Å². The highest BCUT2D eigenvalue weighted by atomic mass is 16.5. The molecule has 0 saturated carbocycles. The van der Waals surface area contributed by atoms with Crippen molar-refractivity contribution in [3.8, 4) is 5.75 Å². The molecule has 0 radical (unpaired) electrons. The summed E-state index contributed by atoms with van der Waals surface area (Å²) in [6.45, 7) is 10.2. The van der Waals surface area contributed by atoms with Gasteiger partial charge in [0.05, 0.1) is 6.04 Å². The molecule has 4 nitrogen and oxygen atoms in total. The number of ether oxygens (including phenoxy) is 1. The fourth-order valence-corrected chi connectivity index (χ4v) is 3.48. The van der Waals surface area contributed by atoms with Gasteiger partial charge in [0.15, 0.2) is 0 Å². The lowest BCUT2D eigenvalue weighted by atomic mass is 9.94. The van der Waals surface area contributed by atoms with Crippen molar-refractivity contribution in [1.29, 1.82) is 0 Å². The van der Waals surface area contributed by atoms with Crippen LogP contribution >= 0.6 is 0 Å². The second-order valence-electron chi connectivity index (χ2n) is 5.98. The normalized spacial score (nSPS) is 27.2. The van der Waals surface area contributed by atoms with Gasteiger partial charge in [-0.1, -0.05) is 32.0 Å². The summed E-state index contributed by atoms with van der Waals surface area (Å²) in [6.07, 6.45) is 0.504. The summed E-state index contributed by atoms with van der Waals surface area (Å²) >= 11 is 0. The van der Waals surface area contributed by atoms with Crippen molar-refractivity contribution in [2.75, 3.05) is 39.3 Å². The van der Waals surface area contributed by atoms with Crippen molar-refractivity contribution >= 4 is 0 Å². The first-order valence-corrected chi connectivity index (χ1v) is 8.13. The van der Waals surface area contributed by atoms with Crippen molar-refractivity contribution in [1.82, 2.24) is 9.80 Å². The molecule has 1 fully saturated rings. The lowest BCUT2D eigenvalue weighted by Crippen LogP contribution is -2.54. The number of hydrogen-bond donors (Lipinski definition) is 1. The number of rotatable bonds is 3. The van der Waals surface area contributed by atoms with Crippen molar-refractivity contribution in [2.24, 2.45) is 0 Å². The Morgan fingerprint density at radius 2 is 1.95 bits per heavy atom. The van der Waals surface area contributed by atoms with Crippen LogP contribution in [0.15, 0.2) is 18.2 Å². The molecule has 2 unspecified atom stereocenters. The summed E-state index contributed by atoms with van der Waals surface area (Å²) in [7, 11) is 0. The molecule has 0 aromatic heterocycles. The lowest BCUT2D eigenvalue weighted by Gasteiger charge is -2.42. The van der Waals surface area contributed by atoms with Gasteiger partial charge in [0.25, 0.3) is 0 Å². The Hall–Kier alpha value is -1.10. The van der Waals surface area contributed by atoms with Crippen molar-refractivity contribution in [3.05, 3.63) is 29.3 Å². The molecular weight excluding hydrogens is 264 g/mol. The molecule has 1 aromatic carbocycles. The number of benzene rings is 1. The molecule has 2 aliphatic rings. The third kappa shape index (κ3) is 2.80. The molecule has 4 heteroatoms. The third-order valence-corrected chi connectivity index (χ3v) is 4.91. The highest BCUT2D eigenvalue weighted by Gasteiger charge is 2.35. The third-order valence-electron chi connectivity index (χ3n) is 4.91. The van der Waals surface area contributed by atoms with E-state index in [9.17, 15) is 5.11 Å². The zero-order chi connectivity index (χ0) is 14.8. The van der Waals surface area contributed by atoms with E-state index in [2.05, 4.69) is 29.7 Å². The molecule has 1 saturated heterocycles. The van der Waals surface area contributed by atoms with Crippen LogP contribution in [0.2, 0.25) is 0 Å². The van der Waals surface area contributed by atoms with Crippen molar-refractivity contribution < 1.29 is 9.84 Å². The Morgan fingerprint density at radius 3 is 2.62 bits per heavy atom. The highest BCUT2D eigenvalue weighted by Crippen LogP contribution is 2.37. The summed E-state index contributed by atoms with van der Waals surface area (Å²) in [5.74, 6) is 0.913. The van der Waals surface area contributed by atoms with Crippen LogP contribution in [0.25, 0.3) is 0 Å². The first-order valence-electron chi connectivity index (χ1n) is 8.13. The van der Waals surface area contributed by atoms with E-state index < -0.39 is 6.10 Å². The van der Waals surface area contributed by atoms with Crippen LogP contribution in [0.1, 0.15) is 31.1 Å². The predicted octanol–water partition coefficient (Wildman–Crippen LogP) is 1.68. The first kappa shape index (κ1) is 14.8. The van der Waals surface area contributed by atoms with Crippen molar-refractivity contribution in [3.63, 3.8) is 0 Å². The van der Waals surface area contributed by atoms with Gasteiger partial charge in [-0.2, -0.15) is 0 Å². The fraction of sp³-hybridized carbons (Fsp3) is 0.647. The molecule has 0 aliphatic carbocycles. The van der Waals surface area contributed by atoms with Crippen LogP contribution in [-0.4, -0.2) is 60.3 Å². The Bertz CT molecular complexity index is 484. The smallest absolute Gasteiger partial charge is 0.128 e. The Kier molecular flexibility index (Phi) is 4.48. The predicted molar refractivity (Wildman–Crippen MR) is 83.7 cm³/mol. The second-order valence-corrected chi connectivity index (χ2v) is 5.98. The number of piperazine rings is 1. The molecular formula is C17H26N2O2. The molecule has 2 aliphatic heterocycles. The van der Waals surface area contributed by atoms with E-state index in [1.165, 1.54) is 5.56 Å². The fourth-order valence-electron chi connectivity index (χ4n) is 3.48. The van der Waals surface area contributed by atoms with Gasteiger partial charge in [-0.3, -0.25) is 4.90 Å². The van der Waals surface area contributed by atoms with E-state index in [0.717, 1.165) is 50.5 Å². The van der Waals surface area contributed by atoms with E-state index in [4.69, 9.17) is 4.74 Å². The summed E-state index contributed by atoms with van der Waals surface area (Å²) < 4.78 is 6.02.